The average Bonchev–Trinajstić information content (AvgIpc) is 4.04. The molecule has 3 saturated heterocycles. The van der Waals surface area contributed by atoms with Crippen LogP contribution in [0.4, 0.5) is 37.8 Å². The van der Waals surface area contributed by atoms with Crippen LogP contribution in [0.25, 0.3) is 16.6 Å². The van der Waals surface area contributed by atoms with E-state index in [-0.39, 0.29) is 79.9 Å². The van der Waals surface area contributed by atoms with Gasteiger partial charge in [0, 0.05) is 50.4 Å². The Hall–Kier alpha value is -6.49. The molecule has 3 aliphatic heterocycles. The molecule has 7 heterocycles. The fourth-order valence-electron chi connectivity index (χ4n) is 9.68. The van der Waals surface area contributed by atoms with Gasteiger partial charge in [-0.05, 0) is 56.6 Å². The number of aromatic nitrogens is 7. The number of likely N-dealkylation sites (tertiary alicyclic amines) is 1. The summed E-state index contributed by atoms with van der Waals surface area (Å²) in [6.07, 6.45) is 3.78. The first-order chi connectivity index (χ1) is 32.7. The zero-order valence-corrected chi connectivity index (χ0v) is 36.6. The highest BCUT2D eigenvalue weighted by Gasteiger charge is 2.46. The minimum Gasteiger partial charge on any atom is -0.377 e. The molecule has 22 heteroatoms. The molecule has 1 saturated carbocycles. The van der Waals surface area contributed by atoms with Crippen molar-refractivity contribution < 1.29 is 50.2 Å². The first-order valence-corrected chi connectivity index (χ1v) is 22.4. The quantitative estimate of drug-likeness (QED) is 0.0963. The van der Waals surface area contributed by atoms with Crippen LogP contribution in [0.15, 0.2) is 42.9 Å². The summed E-state index contributed by atoms with van der Waals surface area (Å²) in [6.45, 7) is 0.992. The molecule has 1 unspecified atom stereocenters. The summed E-state index contributed by atoms with van der Waals surface area (Å²) in [4.78, 5) is 45.4. The highest BCUT2D eigenvalue weighted by atomic mass is 19.4. The lowest BCUT2D eigenvalue weighted by Crippen LogP contribution is -2.54. The van der Waals surface area contributed by atoms with E-state index in [0.29, 0.717) is 60.9 Å². The normalized spacial score (nSPS) is 23.9. The molecule has 16 nitrogen and oxygen atoms in total. The van der Waals surface area contributed by atoms with Crippen molar-refractivity contribution in [1.29, 1.82) is 0 Å². The number of alkyl halides is 6. The number of hydrogen-bond donors (Lipinski definition) is 2. The van der Waals surface area contributed by atoms with E-state index in [2.05, 4.69) is 53.6 Å². The van der Waals surface area contributed by atoms with Crippen LogP contribution in [0.2, 0.25) is 0 Å². The molecule has 4 aromatic heterocycles. The van der Waals surface area contributed by atoms with Gasteiger partial charge in [0.05, 0.1) is 59.9 Å². The molecule has 0 radical (unpaired) electrons. The summed E-state index contributed by atoms with van der Waals surface area (Å²) < 4.78 is 101. The van der Waals surface area contributed by atoms with E-state index in [9.17, 15) is 36.3 Å². The second-order valence-corrected chi connectivity index (χ2v) is 17.4. The van der Waals surface area contributed by atoms with Crippen LogP contribution >= 0.6 is 0 Å². The number of imide groups is 1. The number of ether oxygens (including phenoxy) is 2. The fraction of sp³-hybridized carbons (Fsp3) is 0.500. The summed E-state index contributed by atoms with van der Waals surface area (Å²) in [6, 6.07) is 4.64. The van der Waals surface area contributed by atoms with Crippen LogP contribution in [0.3, 0.4) is 0 Å². The van der Waals surface area contributed by atoms with Crippen molar-refractivity contribution in [1.82, 2.24) is 44.4 Å². The molecule has 4 fully saturated rings. The van der Waals surface area contributed by atoms with Crippen molar-refractivity contribution in [3.63, 3.8) is 0 Å². The number of anilines is 2. The molecule has 3 amide bonds. The lowest BCUT2D eigenvalue weighted by atomic mass is 9.85. The van der Waals surface area contributed by atoms with E-state index in [1.165, 1.54) is 33.9 Å². The maximum absolute atomic E-state index is 15.5. The molecule has 0 spiro atoms. The molecule has 9 rings (SSSR count). The third-order valence-corrected chi connectivity index (χ3v) is 13.1. The van der Waals surface area contributed by atoms with Gasteiger partial charge < -0.3 is 19.7 Å². The number of hydrogen-bond acceptors (Lipinski definition) is 11. The predicted molar refractivity (Wildman–Crippen MR) is 233 cm³/mol. The van der Waals surface area contributed by atoms with E-state index in [1.807, 2.05) is 18.2 Å². The molecule has 1 aromatic carbocycles. The summed E-state index contributed by atoms with van der Waals surface area (Å²) in [5.74, 6) is 6.73. The van der Waals surface area contributed by atoms with Gasteiger partial charge >= 0.3 is 6.18 Å². The number of piperidine rings is 2. The van der Waals surface area contributed by atoms with Crippen molar-refractivity contribution in [2.45, 2.75) is 94.4 Å². The molecule has 4 aliphatic rings. The van der Waals surface area contributed by atoms with Gasteiger partial charge in [-0.25, -0.2) is 22.7 Å². The van der Waals surface area contributed by atoms with Crippen molar-refractivity contribution in [2.24, 2.45) is 5.92 Å². The number of fused-ring (bicyclic) bond motifs is 2. The number of nitrogens with one attached hydrogen (secondary N) is 2. The zero-order chi connectivity index (χ0) is 47.7. The molecule has 5 aromatic rings. The number of carbonyl (C=O) groups excluding carboxylic acids is 3. The summed E-state index contributed by atoms with van der Waals surface area (Å²) >= 11 is 0. The topological polar surface area (TPSA) is 166 Å². The van der Waals surface area contributed by atoms with Crippen LogP contribution in [-0.2, 0) is 25.6 Å². The molecule has 0 bridgehead atoms. The largest absolute Gasteiger partial charge is 0.411 e. The van der Waals surface area contributed by atoms with Crippen LogP contribution < -0.4 is 15.5 Å². The van der Waals surface area contributed by atoms with Gasteiger partial charge in [-0.15, -0.1) is 6.42 Å². The van der Waals surface area contributed by atoms with Crippen molar-refractivity contribution in [3.05, 3.63) is 65.4 Å². The lowest BCUT2D eigenvalue weighted by Gasteiger charge is -2.38. The standard InChI is InChI=1S/C46H47F6N11O5/c1-2-16-61-41-28(5-3-7-30(41)39(57-61)31-12-13-38(64)56-44(31)65)6-4-20-68-35-14-17-59(24-33(35)47)23-27-8-10-29(11-9-27)63-25-34(40(58-63)42(48)49)54-45(66)32-22-53-62-18-15-37(55-43(32)62)60-19-21-67-26-36(60)46(50,51)52/h1,3,5,7,15,18,22,25,27,29,31,33,35-36,42H,8-14,16-17,19-21,23-24,26H2,(H,54,66)(H,56,64,65)/t27?,29?,31?,33-,35+,36+/m1/s1. The van der Waals surface area contributed by atoms with Gasteiger partial charge in [0.2, 0.25) is 11.8 Å². The number of morpholine rings is 1. The Morgan fingerprint density at radius 1 is 1.07 bits per heavy atom. The van der Waals surface area contributed by atoms with E-state index in [0.717, 1.165) is 17.7 Å². The number of rotatable bonds is 11. The van der Waals surface area contributed by atoms with Gasteiger partial charge in [-0.1, -0.05) is 29.9 Å². The molecule has 358 valence electrons. The van der Waals surface area contributed by atoms with E-state index >= 15 is 4.39 Å². The number of amides is 3. The Balaban J connectivity index is 0.771. The average molecular weight is 948 g/mol. The number of nitrogens with zero attached hydrogens (tertiary/aromatic N) is 9. The zero-order valence-electron chi connectivity index (χ0n) is 36.6. The Kier molecular flexibility index (Phi) is 13.4. The number of benzene rings is 1. The van der Waals surface area contributed by atoms with Crippen molar-refractivity contribution in [2.75, 3.05) is 56.2 Å². The van der Waals surface area contributed by atoms with Gasteiger partial charge in [-0.3, -0.25) is 34.0 Å². The smallest absolute Gasteiger partial charge is 0.377 e. The number of carbonyl (C=O) groups is 3. The number of terminal acetylenes is 1. The predicted octanol–water partition coefficient (Wildman–Crippen LogP) is 5.60. The van der Waals surface area contributed by atoms with Crippen LogP contribution in [0.5, 0.6) is 0 Å². The molecular formula is C46H47F6N11O5. The Morgan fingerprint density at radius 2 is 1.90 bits per heavy atom. The SMILES string of the molecule is C#CCn1nc(C2CCC(=O)NC2=O)c2cccc(C#CCO[C@H]3CCN(CC4CCC(n5cc(NC(=O)c6cnn7ccc(N8CCOC[C@H]8C(F)(F)F)nc67)c(C(F)F)n5)CC4)C[C@H]3F)c21. The van der Waals surface area contributed by atoms with Crippen LogP contribution in [0.1, 0.15) is 90.6 Å². The Labute approximate surface area is 385 Å². The third-order valence-electron chi connectivity index (χ3n) is 13.1. The number of para-hydroxylation sites is 1. The van der Waals surface area contributed by atoms with E-state index in [4.69, 9.17) is 15.9 Å². The second kappa shape index (κ2) is 19.6. The Bertz CT molecular complexity index is 2800. The summed E-state index contributed by atoms with van der Waals surface area (Å²) in [5, 5.41) is 18.5. The Morgan fingerprint density at radius 3 is 2.65 bits per heavy atom. The molecule has 1 aliphatic carbocycles. The highest BCUT2D eigenvalue weighted by molar-refractivity contribution is 6.08. The van der Waals surface area contributed by atoms with Crippen LogP contribution in [-0.4, -0.2) is 127 Å². The minimum atomic E-state index is -4.60. The molecule has 2 N–H and O–H groups in total. The maximum atomic E-state index is 15.5. The van der Waals surface area contributed by atoms with E-state index < -0.39 is 61.0 Å². The maximum Gasteiger partial charge on any atom is 0.411 e. The van der Waals surface area contributed by atoms with Gasteiger partial charge in [0.1, 0.15) is 36.7 Å². The van der Waals surface area contributed by atoms with E-state index in [1.54, 1.807) is 4.68 Å². The minimum absolute atomic E-state index is 0.0103. The first kappa shape index (κ1) is 46.6. The van der Waals surface area contributed by atoms with Gasteiger partial charge in [0.25, 0.3) is 12.3 Å². The van der Waals surface area contributed by atoms with Crippen LogP contribution in [0, 0.1) is 30.1 Å². The molecule has 4 atom stereocenters. The van der Waals surface area contributed by atoms with Crippen molar-refractivity contribution >= 4 is 45.8 Å². The first-order valence-electron chi connectivity index (χ1n) is 22.4. The van der Waals surface area contributed by atoms with Crippen molar-refractivity contribution in [3.8, 4) is 24.2 Å². The van der Waals surface area contributed by atoms with Gasteiger partial charge in [0.15, 0.2) is 11.3 Å². The lowest BCUT2D eigenvalue weighted by molar-refractivity contribution is -0.167. The number of halogens is 6. The fourth-order valence-corrected chi connectivity index (χ4v) is 9.68. The third kappa shape index (κ3) is 9.76. The highest BCUT2D eigenvalue weighted by Crippen LogP contribution is 2.37. The monoisotopic (exact) mass is 947 g/mol. The summed E-state index contributed by atoms with van der Waals surface area (Å²) in [7, 11) is 0. The second-order valence-electron chi connectivity index (χ2n) is 17.4. The van der Waals surface area contributed by atoms with Gasteiger partial charge in [-0.2, -0.15) is 28.5 Å². The molecular weight excluding hydrogens is 901 g/mol. The summed E-state index contributed by atoms with van der Waals surface area (Å²) in [5.41, 5.74) is 0.800. The molecule has 68 heavy (non-hydrogen) atoms.